The first-order valence-electron chi connectivity index (χ1n) is 5.80. The molecule has 1 aliphatic carbocycles. The third kappa shape index (κ3) is 2.29. The molecule has 0 spiro atoms. The third-order valence-corrected chi connectivity index (χ3v) is 3.93. The van der Waals surface area contributed by atoms with E-state index in [2.05, 4.69) is 20.8 Å². The Balaban J connectivity index is 2.56. The largest absolute Gasteiger partial charge is 0.396 e. The Kier molecular flexibility index (Phi) is 3.96. The summed E-state index contributed by atoms with van der Waals surface area (Å²) < 4.78 is 0. The minimum atomic E-state index is -0.172. The molecule has 2 N–H and O–H groups in total. The lowest BCUT2D eigenvalue weighted by molar-refractivity contribution is 0.0131. The lowest BCUT2D eigenvalue weighted by atomic mass is 9.79. The van der Waals surface area contributed by atoms with Gasteiger partial charge in [0.1, 0.15) is 0 Å². The van der Waals surface area contributed by atoms with Crippen LogP contribution in [0.15, 0.2) is 0 Å². The van der Waals surface area contributed by atoms with Crippen LogP contribution in [0.4, 0.5) is 0 Å². The number of aliphatic hydroxyl groups is 2. The minimum absolute atomic E-state index is 0.0532. The van der Waals surface area contributed by atoms with E-state index in [4.69, 9.17) is 5.11 Å². The molecule has 0 aromatic rings. The summed E-state index contributed by atoms with van der Waals surface area (Å²) in [6, 6.07) is 0. The fraction of sp³-hybridized carbons (Fsp3) is 1.00. The van der Waals surface area contributed by atoms with Gasteiger partial charge in [0.05, 0.1) is 6.10 Å². The highest BCUT2D eigenvalue weighted by molar-refractivity contribution is 4.94. The van der Waals surface area contributed by atoms with Crippen molar-refractivity contribution < 1.29 is 10.2 Å². The second-order valence-corrected chi connectivity index (χ2v) is 5.37. The molecule has 0 heterocycles. The van der Waals surface area contributed by atoms with E-state index in [1.807, 2.05) is 0 Å². The first kappa shape index (κ1) is 12.0. The molecule has 0 bridgehead atoms. The Morgan fingerprint density at radius 3 is 2.50 bits per heavy atom. The first-order valence-corrected chi connectivity index (χ1v) is 5.80. The molecule has 0 aromatic carbocycles. The van der Waals surface area contributed by atoms with E-state index in [1.54, 1.807) is 0 Å². The maximum Gasteiger partial charge on any atom is 0.0624 e. The predicted molar refractivity (Wildman–Crippen MR) is 58.0 cm³/mol. The van der Waals surface area contributed by atoms with Gasteiger partial charge in [-0.15, -0.1) is 0 Å². The van der Waals surface area contributed by atoms with Crippen LogP contribution in [0, 0.1) is 17.3 Å². The van der Waals surface area contributed by atoms with E-state index < -0.39 is 0 Å². The SMILES string of the molecule is CC(C)C1CC[C@](C)(CCCO)C1O. The van der Waals surface area contributed by atoms with Gasteiger partial charge in [-0.3, -0.25) is 0 Å². The molecular formula is C12H24O2. The summed E-state index contributed by atoms with van der Waals surface area (Å²) in [4.78, 5) is 0. The zero-order chi connectivity index (χ0) is 10.8. The molecule has 0 radical (unpaired) electrons. The molecule has 0 amide bonds. The van der Waals surface area contributed by atoms with Gasteiger partial charge in [0.25, 0.3) is 0 Å². The zero-order valence-corrected chi connectivity index (χ0v) is 9.66. The quantitative estimate of drug-likeness (QED) is 0.730. The zero-order valence-electron chi connectivity index (χ0n) is 9.66. The van der Waals surface area contributed by atoms with Gasteiger partial charge < -0.3 is 10.2 Å². The van der Waals surface area contributed by atoms with Crippen molar-refractivity contribution in [1.29, 1.82) is 0 Å². The first-order chi connectivity index (χ1) is 6.51. The van der Waals surface area contributed by atoms with Crippen LogP contribution in [0.3, 0.4) is 0 Å². The normalized spacial score (nSPS) is 38.1. The average molecular weight is 200 g/mol. The van der Waals surface area contributed by atoms with Crippen molar-refractivity contribution in [2.75, 3.05) is 6.61 Å². The summed E-state index contributed by atoms with van der Waals surface area (Å²) in [5.41, 5.74) is 0.0532. The van der Waals surface area contributed by atoms with Gasteiger partial charge in [0, 0.05) is 6.61 Å². The van der Waals surface area contributed by atoms with E-state index in [9.17, 15) is 5.11 Å². The van der Waals surface area contributed by atoms with Crippen molar-refractivity contribution in [1.82, 2.24) is 0 Å². The Morgan fingerprint density at radius 1 is 1.43 bits per heavy atom. The minimum Gasteiger partial charge on any atom is -0.396 e. The van der Waals surface area contributed by atoms with E-state index in [1.165, 1.54) is 0 Å². The molecule has 1 fully saturated rings. The summed E-state index contributed by atoms with van der Waals surface area (Å²) >= 11 is 0. The Bertz CT molecular complexity index is 179. The Labute approximate surface area is 87.3 Å². The Morgan fingerprint density at radius 2 is 2.07 bits per heavy atom. The van der Waals surface area contributed by atoms with E-state index in [0.29, 0.717) is 11.8 Å². The standard InChI is InChI=1S/C12H24O2/c1-9(2)10-5-7-12(3,11(10)14)6-4-8-13/h9-11,13-14H,4-8H2,1-3H3/t10?,11?,12-/m0/s1. The van der Waals surface area contributed by atoms with Crippen LogP contribution >= 0.6 is 0 Å². The molecule has 3 atom stereocenters. The van der Waals surface area contributed by atoms with Gasteiger partial charge in [-0.25, -0.2) is 0 Å². The molecule has 1 saturated carbocycles. The van der Waals surface area contributed by atoms with Crippen molar-refractivity contribution in [2.45, 2.75) is 52.6 Å². The van der Waals surface area contributed by atoms with Crippen LogP contribution in [0.5, 0.6) is 0 Å². The predicted octanol–water partition coefficient (Wildman–Crippen LogP) is 2.19. The maximum absolute atomic E-state index is 10.2. The number of aliphatic hydroxyl groups excluding tert-OH is 2. The van der Waals surface area contributed by atoms with Crippen LogP contribution in [0.25, 0.3) is 0 Å². The highest BCUT2D eigenvalue weighted by atomic mass is 16.3. The molecule has 0 saturated heterocycles. The molecule has 2 unspecified atom stereocenters. The van der Waals surface area contributed by atoms with Crippen molar-refractivity contribution in [3.05, 3.63) is 0 Å². The molecule has 14 heavy (non-hydrogen) atoms. The molecule has 1 aliphatic rings. The summed E-state index contributed by atoms with van der Waals surface area (Å²) in [6.07, 6.45) is 3.85. The van der Waals surface area contributed by atoms with E-state index in [-0.39, 0.29) is 18.1 Å². The van der Waals surface area contributed by atoms with Gasteiger partial charge in [0.15, 0.2) is 0 Å². The summed E-state index contributed by atoms with van der Waals surface area (Å²) in [7, 11) is 0. The van der Waals surface area contributed by atoms with Crippen LogP contribution in [-0.2, 0) is 0 Å². The van der Waals surface area contributed by atoms with Crippen LogP contribution < -0.4 is 0 Å². The van der Waals surface area contributed by atoms with E-state index >= 15 is 0 Å². The summed E-state index contributed by atoms with van der Waals surface area (Å²) in [6.45, 7) is 6.78. The molecular weight excluding hydrogens is 176 g/mol. The van der Waals surface area contributed by atoms with Crippen molar-refractivity contribution in [3.63, 3.8) is 0 Å². The molecule has 2 heteroatoms. The second-order valence-electron chi connectivity index (χ2n) is 5.37. The summed E-state index contributed by atoms with van der Waals surface area (Å²) in [5, 5.41) is 19.0. The fourth-order valence-corrected chi connectivity index (χ4v) is 2.77. The highest BCUT2D eigenvalue weighted by Gasteiger charge is 2.44. The molecule has 0 aromatic heterocycles. The average Bonchev–Trinajstić information content (AvgIpc) is 2.41. The number of hydrogen-bond acceptors (Lipinski definition) is 2. The van der Waals surface area contributed by atoms with Gasteiger partial charge >= 0.3 is 0 Å². The molecule has 1 rings (SSSR count). The number of hydrogen-bond donors (Lipinski definition) is 2. The maximum atomic E-state index is 10.2. The number of rotatable bonds is 4. The monoisotopic (exact) mass is 200 g/mol. The third-order valence-electron chi connectivity index (χ3n) is 3.93. The topological polar surface area (TPSA) is 40.5 Å². The molecule has 2 nitrogen and oxygen atoms in total. The fourth-order valence-electron chi connectivity index (χ4n) is 2.77. The Hall–Kier alpha value is -0.0800. The van der Waals surface area contributed by atoms with Crippen LogP contribution in [-0.4, -0.2) is 22.9 Å². The van der Waals surface area contributed by atoms with Crippen molar-refractivity contribution in [2.24, 2.45) is 17.3 Å². The van der Waals surface area contributed by atoms with E-state index in [0.717, 1.165) is 25.7 Å². The highest BCUT2D eigenvalue weighted by Crippen LogP contribution is 2.47. The second kappa shape index (κ2) is 4.63. The molecule has 0 aliphatic heterocycles. The van der Waals surface area contributed by atoms with Crippen molar-refractivity contribution in [3.8, 4) is 0 Å². The van der Waals surface area contributed by atoms with Gasteiger partial charge in [-0.2, -0.15) is 0 Å². The molecule has 84 valence electrons. The smallest absolute Gasteiger partial charge is 0.0624 e. The van der Waals surface area contributed by atoms with Gasteiger partial charge in [-0.05, 0) is 42.9 Å². The van der Waals surface area contributed by atoms with Crippen LogP contribution in [0.1, 0.15) is 46.5 Å². The van der Waals surface area contributed by atoms with Crippen LogP contribution in [0.2, 0.25) is 0 Å². The van der Waals surface area contributed by atoms with Gasteiger partial charge in [0.2, 0.25) is 0 Å². The van der Waals surface area contributed by atoms with Gasteiger partial charge in [-0.1, -0.05) is 20.8 Å². The lowest BCUT2D eigenvalue weighted by Crippen LogP contribution is -2.32. The van der Waals surface area contributed by atoms with Crippen molar-refractivity contribution >= 4 is 0 Å². The summed E-state index contributed by atoms with van der Waals surface area (Å²) in [5.74, 6) is 1.03. The lowest BCUT2D eigenvalue weighted by Gasteiger charge is -2.31.